The molecule has 6 heteroatoms. The first kappa shape index (κ1) is 10.5. The first-order chi connectivity index (χ1) is 6.59. The molecule has 0 amide bonds. The summed E-state index contributed by atoms with van der Waals surface area (Å²) in [7, 11) is 0. The molecule has 1 aromatic rings. The fraction of sp³-hybridized carbons (Fsp3) is 0.125. The predicted octanol–water partition coefficient (Wildman–Crippen LogP) is 1.52. The van der Waals surface area contributed by atoms with E-state index in [2.05, 4.69) is 4.74 Å². The van der Waals surface area contributed by atoms with Gasteiger partial charge < -0.3 is 4.74 Å². The van der Waals surface area contributed by atoms with E-state index in [-0.39, 0.29) is 10.8 Å². The topological polar surface area (TPSA) is 69.4 Å². The number of esters is 1. The van der Waals surface area contributed by atoms with Gasteiger partial charge in [0.25, 0.3) is 6.54 Å². The zero-order valence-corrected chi connectivity index (χ0v) is 7.73. The van der Waals surface area contributed by atoms with Gasteiger partial charge in [0.05, 0.1) is 5.02 Å². The maximum atomic E-state index is 10.9. The lowest BCUT2D eigenvalue weighted by Crippen LogP contribution is -2.19. The van der Waals surface area contributed by atoms with Gasteiger partial charge in [-0.15, -0.1) is 0 Å². The lowest BCUT2D eigenvalue weighted by atomic mass is 10.3. The van der Waals surface area contributed by atoms with Crippen LogP contribution < -0.4 is 4.74 Å². The first-order valence-corrected chi connectivity index (χ1v) is 4.04. The van der Waals surface area contributed by atoms with Crippen LogP contribution in [0.2, 0.25) is 5.02 Å². The summed E-state index contributed by atoms with van der Waals surface area (Å²) in [5.74, 6) is -0.816. The number of hydrogen-bond acceptors (Lipinski definition) is 4. The zero-order valence-electron chi connectivity index (χ0n) is 6.97. The molecular formula is C8H6ClNO4. The van der Waals surface area contributed by atoms with Crippen molar-refractivity contribution in [3.63, 3.8) is 0 Å². The van der Waals surface area contributed by atoms with Gasteiger partial charge in [-0.05, 0) is 12.1 Å². The highest BCUT2D eigenvalue weighted by Gasteiger charge is 2.13. The van der Waals surface area contributed by atoms with Crippen molar-refractivity contribution in [1.29, 1.82) is 0 Å². The quantitative estimate of drug-likeness (QED) is 0.332. The second kappa shape index (κ2) is 4.57. The molecule has 0 aliphatic heterocycles. The molecule has 0 saturated heterocycles. The molecule has 1 rings (SSSR count). The molecular weight excluding hydrogens is 210 g/mol. The van der Waals surface area contributed by atoms with Crippen LogP contribution in [0.1, 0.15) is 0 Å². The number of benzene rings is 1. The molecule has 14 heavy (non-hydrogen) atoms. The van der Waals surface area contributed by atoms with Gasteiger partial charge in [0.15, 0.2) is 0 Å². The van der Waals surface area contributed by atoms with Crippen LogP contribution in [0.5, 0.6) is 5.75 Å². The average molecular weight is 216 g/mol. The molecule has 0 fully saturated rings. The highest BCUT2D eigenvalue weighted by molar-refractivity contribution is 6.32. The summed E-state index contributed by atoms with van der Waals surface area (Å²) < 4.78 is 4.64. The van der Waals surface area contributed by atoms with Gasteiger partial charge in [-0.25, -0.2) is 4.79 Å². The number of ether oxygens (including phenoxy) is 1. The number of nitro groups is 1. The summed E-state index contributed by atoms with van der Waals surface area (Å²) in [4.78, 5) is 20.0. The van der Waals surface area contributed by atoms with Crippen LogP contribution in [0.3, 0.4) is 0 Å². The van der Waals surface area contributed by atoms with Crippen LogP contribution in [-0.4, -0.2) is 17.4 Å². The Morgan fingerprint density at radius 1 is 1.50 bits per heavy atom. The van der Waals surface area contributed by atoms with Crippen molar-refractivity contribution in [1.82, 2.24) is 0 Å². The number of carbonyl (C=O) groups excluding carboxylic acids is 1. The van der Waals surface area contributed by atoms with E-state index in [1.165, 1.54) is 12.1 Å². The minimum absolute atomic E-state index is 0.126. The predicted molar refractivity (Wildman–Crippen MR) is 48.9 cm³/mol. The molecule has 0 N–H and O–H groups in total. The van der Waals surface area contributed by atoms with Crippen molar-refractivity contribution >= 4 is 17.6 Å². The normalized spacial score (nSPS) is 9.50. The smallest absolute Gasteiger partial charge is 0.383 e. The highest BCUT2D eigenvalue weighted by atomic mass is 35.5. The fourth-order valence-corrected chi connectivity index (χ4v) is 0.962. The monoisotopic (exact) mass is 215 g/mol. The van der Waals surface area contributed by atoms with Gasteiger partial charge in [-0.3, -0.25) is 10.1 Å². The van der Waals surface area contributed by atoms with Gasteiger partial charge in [-0.1, -0.05) is 23.7 Å². The van der Waals surface area contributed by atoms with Gasteiger partial charge in [0, 0.05) is 4.92 Å². The summed E-state index contributed by atoms with van der Waals surface area (Å²) in [6.07, 6.45) is 0. The number of carbonyl (C=O) groups is 1. The van der Waals surface area contributed by atoms with Crippen molar-refractivity contribution in [2.24, 2.45) is 0 Å². The third-order valence-electron chi connectivity index (χ3n) is 1.32. The van der Waals surface area contributed by atoms with E-state index in [0.717, 1.165) is 0 Å². The van der Waals surface area contributed by atoms with E-state index in [0.29, 0.717) is 0 Å². The lowest BCUT2D eigenvalue weighted by molar-refractivity contribution is -0.469. The number of rotatable bonds is 3. The van der Waals surface area contributed by atoms with Crippen LogP contribution in [0.25, 0.3) is 0 Å². The zero-order chi connectivity index (χ0) is 10.6. The van der Waals surface area contributed by atoms with Crippen LogP contribution in [0.4, 0.5) is 0 Å². The maximum absolute atomic E-state index is 10.9. The van der Waals surface area contributed by atoms with Crippen molar-refractivity contribution in [2.45, 2.75) is 0 Å². The fourth-order valence-electron chi connectivity index (χ4n) is 0.788. The maximum Gasteiger partial charge on any atom is 0.383 e. The second-order valence-corrected chi connectivity index (χ2v) is 2.80. The summed E-state index contributed by atoms with van der Waals surface area (Å²) in [6, 6.07) is 6.25. The number of nitrogens with zero attached hydrogens (tertiary/aromatic N) is 1. The van der Waals surface area contributed by atoms with Gasteiger partial charge >= 0.3 is 5.97 Å². The third kappa shape index (κ3) is 3.02. The van der Waals surface area contributed by atoms with Gasteiger partial charge in [0.1, 0.15) is 5.75 Å². The molecule has 0 aliphatic carbocycles. The standard InChI is InChI=1S/C8H6ClNO4/c9-6-3-1-2-4-7(6)14-8(11)5-10(12)13/h1-4H,5H2. The Bertz CT molecular complexity index is 366. The molecule has 0 atom stereocenters. The lowest BCUT2D eigenvalue weighted by Gasteiger charge is -2.02. The Morgan fingerprint density at radius 3 is 2.71 bits per heavy atom. The van der Waals surface area contributed by atoms with Crippen LogP contribution in [-0.2, 0) is 4.79 Å². The third-order valence-corrected chi connectivity index (χ3v) is 1.63. The first-order valence-electron chi connectivity index (χ1n) is 3.66. The molecule has 1 aromatic carbocycles. The SMILES string of the molecule is O=C(C[N+](=O)[O-])Oc1ccccc1Cl. The molecule has 74 valence electrons. The molecule has 0 bridgehead atoms. The summed E-state index contributed by atoms with van der Waals surface area (Å²) in [6.45, 7) is -0.870. The van der Waals surface area contributed by atoms with Crippen LogP contribution in [0, 0.1) is 10.1 Å². The van der Waals surface area contributed by atoms with Crippen molar-refractivity contribution in [3.8, 4) is 5.75 Å². The molecule has 5 nitrogen and oxygen atoms in total. The Morgan fingerprint density at radius 2 is 2.14 bits per heavy atom. The minimum atomic E-state index is -0.942. The van der Waals surface area contributed by atoms with Crippen LogP contribution in [0.15, 0.2) is 24.3 Å². The van der Waals surface area contributed by atoms with E-state index in [9.17, 15) is 14.9 Å². The van der Waals surface area contributed by atoms with Crippen molar-refractivity contribution in [3.05, 3.63) is 39.4 Å². The van der Waals surface area contributed by atoms with Crippen molar-refractivity contribution in [2.75, 3.05) is 6.54 Å². The Labute approximate surface area is 84.4 Å². The largest absolute Gasteiger partial charge is 0.420 e. The van der Waals surface area contributed by atoms with Crippen LogP contribution >= 0.6 is 11.6 Å². The molecule has 0 aliphatic rings. The second-order valence-electron chi connectivity index (χ2n) is 2.40. The van der Waals surface area contributed by atoms with E-state index >= 15 is 0 Å². The number of para-hydroxylation sites is 1. The molecule has 0 aromatic heterocycles. The Balaban J connectivity index is 2.65. The highest BCUT2D eigenvalue weighted by Crippen LogP contribution is 2.22. The average Bonchev–Trinajstić information content (AvgIpc) is 2.07. The van der Waals surface area contributed by atoms with E-state index in [1.807, 2.05) is 0 Å². The molecule has 0 heterocycles. The summed E-state index contributed by atoms with van der Waals surface area (Å²) in [5, 5.41) is 10.2. The summed E-state index contributed by atoms with van der Waals surface area (Å²) >= 11 is 5.66. The molecule has 0 radical (unpaired) electrons. The Kier molecular flexibility index (Phi) is 3.41. The number of halogens is 1. The Hall–Kier alpha value is -1.62. The number of hydrogen-bond donors (Lipinski definition) is 0. The van der Waals surface area contributed by atoms with Gasteiger partial charge in [-0.2, -0.15) is 0 Å². The molecule has 0 unspecified atom stereocenters. The van der Waals surface area contributed by atoms with E-state index < -0.39 is 17.4 Å². The summed E-state index contributed by atoms with van der Waals surface area (Å²) in [5.41, 5.74) is 0. The molecule has 0 saturated carbocycles. The van der Waals surface area contributed by atoms with E-state index in [1.54, 1.807) is 12.1 Å². The van der Waals surface area contributed by atoms with Crippen molar-refractivity contribution < 1.29 is 14.5 Å². The van der Waals surface area contributed by atoms with E-state index in [4.69, 9.17) is 11.6 Å². The molecule has 0 spiro atoms. The minimum Gasteiger partial charge on any atom is -0.420 e. The van der Waals surface area contributed by atoms with Gasteiger partial charge in [0.2, 0.25) is 0 Å².